The van der Waals surface area contributed by atoms with Gasteiger partial charge in [0.15, 0.2) is 6.10 Å². The highest BCUT2D eigenvalue weighted by Crippen LogP contribution is 2.31. The summed E-state index contributed by atoms with van der Waals surface area (Å²) in [6.45, 7) is 2.47. The molecule has 1 N–H and O–H groups in total. The first-order valence-electron chi connectivity index (χ1n) is 10.7. The number of rotatable bonds is 9. The Labute approximate surface area is 187 Å². The molecule has 4 aromatic rings. The van der Waals surface area contributed by atoms with Gasteiger partial charge < -0.3 is 14.5 Å². The Morgan fingerprint density at radius 3 is 2.31 bits per heavy atom. The summed E-state index contributed by atoms with van der Waals surface area (Å²) in [4.78, 5) is 12.7. The summed E-state index contributed by atoms with van der Waals surface area (Å²) in [7, 11) is 0. The molecule has 0 fully saturated rings. The molecule has 6 nitrogen and oxygen atoms in total. The molecule has 162 valence electrons. The summed E-state index contributed by atoms with van der Waals surface area (Å²) < 4.78 is 12.0. The number of amides is 1. The molecule has 3 aromatic carbocycles. The summed E-state index contributed by atoms with van der Waals surface area (Å²) in [6, 6.07) is 27.0. The Hall–Kier alpha value is -3.93. The lowest BCUT2D eigenvalue weighted by Gasteiger charge is -2.18. The summed E-state index contributed by atoms with van der Waals surface area (Å²) >= 11 is 0. The van der Waals surface area contributed by atoms with Crippen molar-refractivity contribution in [3.8, 4) is 28.7 Å². The maximum Gasteiger partial charge on any atom is 0.261 e. The van der Waals surface area contributed by atoms with Crippen molar-refractivity contribution in [2.45, 2.75) is 25.9 Å². The number of benzene rings is 3. The quantitative estimate of drug-likeness (QED) is 0.410. The molecule has 0 saturated carbocycles. The first-order chi connectivity index (χ1) is 15.7. The van der Waals surface area contributed by atoms with Crippen LogP contribution < -0.4 is 10.1 Å². The second-order valence-electron chi connectivity index (χ2n) is 7.32. The van der Waals surface area contributed by atoms with E-state index in [2.05, 4.69) is 15.5 Å². The first kappa shape index (κ1) is 21.3. The van der Waals surface area contributed by atoms with Gasteiger partial charge in [0, 0.05) is 12.1 Å². The number of hydrogen-bond acceptors (Lipinski definition) is 5. The van der Waals surface area contributed by atoms with E-state index in [0.29, 0.717) is 36.1 Å². The number of nitrogens with zero attached hydrogens (tertiary/aromatic N) is 2. The van der Waals surface area contributed by atoms with Crippen molar-refractivity contribution >= 4 is 5.91 Å². The van der Waals surface area contributed by atoms with E-state index in [1.807, 2.05) is 91.9 Å². The third-order valence-electron chi connectivity index (χ3n) is 5.05. The molecule has 1 atom stereocenters. The van der Waals surface area contributed by atoms with Crippen LogP contribution >= 0.6 is 0 Å². The number of carbonyl (C=O) groups is 1. The largest absolute Gasteiger partial charge is 0.480 e. The van der Waals surface area contributed by atoms with Gasteiger partial charge in [-0.15, -0.1) is 10.2 Å². The Morgan fingerprint density at radius 1 is 0.906 bits per heavy atom. The summed E-state index contributed by atoms with van der Waals surface area (Å²) in [5.74, 6) is 1.16. The minimum Gasteiger partial charge on any atom is -0.480 e. The predicted octanol–water partition coefficient (Wildman–Crippen LogP) is 4.92. The van der Waals surface area contributed by atoms with Crippen LogP contribution in [0.2, 0.25) is 0 Å². The molecule has 6 heteroatoms. The van der Waals surface area contributed by atoms with Crippen LogP contribution in [-0.2, 0) is 11.2 Å². The van der Waals surface area contributed by atoms with Gasteiger partial charge in [-0.3, -0.25) is 4.79 Å². The van der Waals surface area contributed by atoms with Gasteiger partial charge in [-0.1, -0.05) is 67.6 Å². The van der Waals surface area contributed by atoms with Crippen molar-refractivity contribution in [1.82, 2.24) is 15.5 Å². The average Bonchev–Trinajstić information content (AvgIpc) is 3.34. The molecule has 4 rings (SSSR count). The molecular formula is C26H25N3O3. The fourth-order valence-corrected chi connectivity index (χ4v) is 3.34. The summed E-state index contributed by atoms with van der Waals surface area (Å²) in [5, 5.41) is 11.3. The number of hydrogen-bond donors (Lipinski definition) is 1. The van der Waals surface area contributed by atoms with Gasteiger partial charge in [0.2, 0.25) is 5.89 Å². The average molecular weight is 428 g/mol. The van der Waals surface area contributed by atoms with Crippen LogP contribution in [-0.4, -0.2) is 28.8 Å². The van der Waals surface area contributed by atoms with Gasteiger partial charge >= 0.3 is 0 Å². The van der Waals surface area contributed by atoms with Gasteiger partial charge in [-0.25, -0.2) is 0 Å². The van der Waals surface area contributed by atoms with E-state index in [4.69, 9.17) is 9.15 Å². The predicted molar refractivity (Wildman–Crippen MR) is 123 cm³/mol. The van der Waals surface area contributed by atoms with Gasteiger partial charge in [0.25, 0.3) is 11.8 Å². The molecule has 0 bridgehead atoms. The van der Waals surface area contributed by atoms with Gasteiger partial charge in [0.05, 0.1) is 5.56 Å². The van der Waals surface area contributed by atoms with Crippen LogP contribution in [0.15, 0.2) is 89.3 Å². The first-order valence-corrected chi connectivity index (χ1v) is 10.7. The fraction of sp³-hybridized carbons (Fsp3) is 0.192. The topological polar surface area (TPSA) is 77.2 Å². The Morgan fingerprint density at radius 2 is 1.56 bits per heavy atom. The van der Waals surface area contributed by atoms with E-state index in [9.17, 15) is 4.79 Å². The number of para-hydroxylation sites is 1. The molecule has 1 aromatic heterocycles. The smallest absolute Gasteiger partial charge is 0.261 e. The highest BCUT2D eigenvalue weighted by molar-refractivity contribution is 5.81. The molecule has 1 heterocycles. The summed E-state index contributed by atoms with van der Waals surface area (Å²) in [6.07, 6.45) is 0.678. The highest BCUT2D eigenvalue weighted by atomic mass is 16.5. The van der Waals surface area contributed by atoms with Gasteiger partial charge in [-0.05, 0) is 42.7 Å². The lowest BCUT2D eigenvalue weighted by Crippen LogP contribution is -2.39. The van der Waals surface area contributed by atoms with E-state index >= 15 is 0 Å². The van der Waals surface area contributed by atoms with Crippen LogP contribution in [0.3, 0.4) is 0 Å². The van der Waals surface area contributed by atoms with Crippen molar-refractivity contribution in [1.29, 1.82) is 0 Å². The third-order valence-corrected chi connectivity index (χ3v) is 5.05. The van der Waals surface area contributed by atoms with Gasteiger partial charge in [0.1, 0.15) is 5.75 Å². The zero-order chi connectivity index (χ0) is 22.2. The zero-order valence-electron chi connectivity index (χ0n) is 17.9. The van der Waals surface area contributed by atoms with Crippen molar-refractivity contribution in [2.75, 3.05) is 6.54 Å². The van der Waals surface area contributed by atoms with E-state index in [1.54, 1.807) is 0 Å². The van der Waals surface area contributed by atoms with E-state index in [0.717, 1.165) is 12.0 Å². The number of ether oxygens (including phenoxy) is 1. The molecule has 0 spiro atoms. The Kier molecular flexibility index (Phi) is 6.92. The maximum atomic E-state index is 12.7. The number of carbonyl (C=O) groups excluding carboxylic acids is 1. The normalized spacial score (nSPS) is 11.7. The van der Waals surface area contributed by atoms with Crippen LogP contribution in [0.4, 0.5) is 0 Å². The molecule has 1 amide bonds. The van der Waals surface area contributed by atoms with E-state index in [-0.39, 0.29) is 5.91 Å². The van der Waals surface area contributed by atoms with E-state index < -0.39 is 6.10 Å². The molecule has 1 unspecified atom stereocenters. The van der Waals surface area contributed by atoms with Crippen LogP contribution in [0, 0.1) is 0 Å². The number of nitrogens with one attached hydrogen (secondary N) is 1. The van der Waals surface area contributed by atoms with Crippen molar-refractivity contribution in [2.24, 2.45) is 0 Å². The minimum absolute atomic E-state index is 0.145. The summed E-state index contributed by atoms with van der Waals surface area (Å²) in [5.41, 5.74) is 2.67. The fourth-order valence-electron chi connectivity index (χ4n) is 3.34. The SMILES string of the molecule is CCC(Oc1ccccc1-c1nnc(-c2ccccc2)o1)C(=O)NCCc1ccccc1. The van der Waals surface area contributed by atoms with E-state index in [1.165, 1.54) is 5.56 Å². The molecule has 0 aliphatic carbocycles. The number of aromatic nitrogens is 2. The van der Waals surface area contributed by atoms with Crippen LogP contribution in [0.25, 0.3) is 22.9 Å². The van der Waals surface area contributed by atoms with Crippen molar-refractivity contribution in [3.05, 3.63) is 90.5 Å². The molecule has 32 heavy (non-hydrogen) atoms. The lowest BCUT2D eigenvalue weighted by atomic mass is 10.1. The molecule has 0 radical (unpaired) electrons. The Balaban J connectivity index is 1.44. The Bertz CT molecular complexity index is 1140. The van der Waals surface area contributed by atoms with Gasteiger partial charge in [-0.2, -0.15) is 0 Å². The third kappa shape index (κ3) is 5.21. The zero-order valence-corrected chi connectivity index (χ0v) is 17.9. The standard InChI is InChI=1S/C26H25N3O3/c1-2-22(24(30)27-18-17-19-11-5-3-6-12-19)31-23-16-10-9-15-21(23)26-29-28-25(32-26)20-13-7-4-8-14-20/h3-16,22H,2,17-18H2,1H3,(H,27,30). The lowest BCUT2D eigenvalue weighted by molar-refractivity contribution is -0.128. The maximum absolute atomic E-state index is 12.7. The molecular weight excluding hydrogens is 402 g/mol. The molecule has 0 aliphatic heterocycles. The highest BCUT2D eigenvalue weighted by Gasteiger charge is 2.21. The second kappa shape index (κ2) is 10.4. The van der Waals surface area contributed by atoms with Crippen LogP contribution in [0.1, 0.15) is 18.9 Å². The second-order valence-corrected chi connectivity index (χ2v) is 7.32. The molecule has 0 aliphatic rings. The molecule has 0 saturated heterocycles. The van der Waals surface area contributed by atoms with Crippen LogP contribution in [0.5, 0.6) is 5.75 Å². The van der Waals surface area contributed by atoms with Crippen molar-refractivity contribution in [3.63, 3.8) is 0 Å². The monoisotopic (exact) mass is 427 g/mol. The minimum atomic E-state index is -0.622. The van der Waals surface area contributed by atoms with Crippen molar-refractivity contribution < 1.29 is 13.9 Å².